The van der Waals surface area contributed by atoms with Gasteiger partial charge in [0.25, 0.3) is 0 Å². The average Bonchev–Trinajstić information content (AvgIpc) is 1.95. The van der Waals surface area contributed by atoms with Crippen LogP contribution in [-0.4, -0.2) is 38.4 Å². The van der Waals surface area contributed by atoms with Crippen molar-refractivity contribution in [2.45, 2.75) is 59.6 Å². The normalized spacial score (nSPS) is 13.2. The first kappa shape index (κ1) is 17.8. The molecule has 0 aromatic rings. The standard InChI is InChI=1S/C5H11O.2C3H9OSi.Al/c1-5(2)3-4-6;2*1-5(2,3)4;/h5H,3-4H2,1-2H3;2*1-3H3;/q3*-1;+3. The highest BCUT2D eigenvalue weighted by Gasteiger charge is 2.39. The lowest BCUT2D eigenvalue weighted by Crippen LogP contribution is -2.45. The van der Waals surface area contributed by atoms with Crippen LogP contribution in [0.3, 0.4) is 0 Å². The van der Waals surface area contributed by atoms with E-state index in [4.69, 9.17) is 10.7 Å². The van der Waals surface area contributed by atoms with E-state index >= 15 is 0 Å². The van der Waals surface area contributed by atoms with Crippen LogP contribution in [0, 0.1) is 5.92 Å². The zero-order valence-corrected chi connectivity index (χ0v) is 15.9. The van der Waals surface area contributed by atoms with Crippen LogP contribution in [0.25, 0.3) is 0 Å². The van der Waals surface area contributed by atoms with Crippen LogP contribution < -0.4 is 0 Å². The molecule has 0 spiro atoms. The first-order chi connectivity index (χ1) is 7.49. The molecule has 0 radical (unpaired) electrons. The zero-order valence-electron chi connectivity index (χ0n) is 12.8. The third-order valence-electron chi connectivity index (χ3n) is 1.85. The van der Waals surface area contributed by atoms with Crippen LogP contribution in [-0.2, 0) is 10.7 Å². The second kappa shape index (κ2) is 7.44. The first-order valence-corrected chi connectivity index (χ1v) is 14.7. The van der Waals surface area contributed by atoms with Gasteiger partial charge in [-0.15, -0.1) is 0 Å². The van der Waals surface area contributed by atoms with E-state index in [1.54, 1.807) is 0 Å². The summed E-state index contributed by atoms with van der Waals surface area (Å²) in [5, 5.41) is 0. The summed E-state index contributed by atoms with van der Waals surface area (Å²) in [5.41, 5.74) is 0. The molecule has 0 aliphatic heterocycles. The summed E-state index contributed by atoms with van der Waals surface area (Å²) in [6.07, 6.45) is 1.08. The molecule has 102 valence electrons. The molecular formula is C11H29AlO3Si2. The lowest BCUT2D eigenvalue weighted by atomic mass is 10.2. The predicted molar refractivity (Wildman–Crippen MR) is 80.0 cm³/mol. The topological polar surface area (TPSA) is 27.7 Å². The lowest BCUT2D eigenvalue weighted by Gasteiger charge is -2.28. The molecule has 6 heteroatoms. The SMILES string of the molecule is CC(C)CC[O][Al]([O][Si](C)(C)C)[O][Si](C)(C)C. The van der Waals surface area contributed by atoms with E-state index < -0.39 is 31.8 Å². The fourth-order valence-electron chi connectivity index (χ4n) is 1.07. The third kappa shape index (κ3) is 13.1. The second-order valence-corrected chi connectivity index (χ2v) is 18.0. The molecule has 0 saturated carbocycles. The van der Waals surface area contributed by atoms with E-state index in [0.717, 1.165) is 13.0 Å². The summed E-state index contributed by atoms with van der Waals surface area (Å²) in [5.74, 6) is 0.670. The Morgan fingerprint density at radius 1 is 0.882 bits per heavy atom. The summed E-state index contributed by atoms with van der Waals surface area (Å²) >= 11 is -1.92. The predicted octanol–water partition coefficient (Wildman–Crippen LogP) is 3.74. The van der Waals surface area contributed by atoms with Crippen molar-refractivity contribution in [1.82, 2.24) is 0 Å². The van der Waals surface area contributed by atoms with Crippen molar-refractivity contribution in [3.8, 4) is 0 Å². The highest BCUT2D eigenvalue weighted by Crippen LogP contribution is 2.13. The van der Waals surface area contributed by atoms with Gasteiger partial charge in [-0.05, 0) is 51.6 Å². The van der Waals surface area contributed by atoms with Crippen LogP contribution >= 0.6 is 0 Å². The van der Waals surface area contributed by atoms with Crippen molar-refractivity contribution in [2.24, 2.45) is 5.92 Å². The van der Waals surface area contributed by atoms with Crippen LogP contribution in [0.1, 0.15) is 20.3 Å². The highest BCUT2D eigenvalue weighted by atomic mass is 28.4. The van der Waals surface area contributed by atoms with Gasteiger partial charge in [-0.1, -0.05) is 13.8 Å². The van der Waals surface area contributed by atoms with Crippen molar-refractivity contribution < 1.29 is 10.7 Å². The Hall–Kier alpha value is 0.846. The van der Waals surface area contributed by atoms with Gasteiger partial charge >= 0.3 is 15.1 Å². The molecule has 0 aliphatic rings. The van der Waals surface area contributed by atoms with Gasteiger partial charge in [0, 0.05) is 6.61 Å². The largest absolute Gasteiger partial charge is 0.883 e. The van der Waals surface area contributed by atoms with Crippen molar-refractivity contribution in [3.05, 3.63) is 0 Å². The molecule has 3 nitrogen and oxygen atoms in total. The van der Waals surface area contributed by atoms with Gasteiger partial charge in [-0.2, -0.15) is 0 Å². The average molecular weight is 293 g/mol. The second-order valence-electron chi connectivity index (χ2n) is 6.80. The Morgan fingerprint density at radius 2 is 1.29 bits per heavy atom. The maximum absolute atomic E-state index is 6.06. The molecule has 0 rings (SSSR count). The van der Waals surface area contributed by atoms with Crippen LogP contribution in [0.5, 0.6) is 0 Å². The molecule has 0 aromatic carbocycles. The summed E-state index contributed by atoms with van der Waals surface area (Å²) < 4.78 is 18.0. The first-order valence-electron chi connectivity index (χ1n) is 6.47. The minimum atomic E-state index is -1.92. The molecule has 0 aliphatic carbocycles. The van der Waals surface area contributed by atoms with Crippen molar-refractivity contribution in [1.29, 1.82) is 0 Å². The molecular weight excluding hydrogens is 263 g/mol. The smallest absolute Gasteiger partial charge is 0.499 e. The van der Waals surface area contributed by atoms with Crippen molar-refractivity contribution >= 4 is 31.8 Å². The van der Waals surface area contributed by atoms with Gasteiger partial charge in [0.05, 0.1) is 0 Å². The van der Waals surface area contributed by atoms with Gasteiger partial charge < -0.3 is 10.7 Å². The summed E-state index contributed by atoms with van der Waals surface area (Å²) in [4.78, 5) is 0. The molecule has 0 bridgehead atoms. The Labute approximate surface area is 114 Å². The number of hydrogen-bond donors (Lipinski definition) is 0. The van der Waals surface area contributed by atoms with E-state index in [1.165, 1.54) is 0 Å². The fraction of sp³-hybridized carbons (Fsp3) is 1.00. The Bertz CT molecular complexity index is 196. The Morgan fingerprint density at radius 3 is 1.59 bits per heavy atom. The third-order valence-corrected chi connectivity index (χ3v) is 9.55. The van der Waals surface area contributed by atoms with Gasteiger partial charge in [0.2, 0.25) is 0 Å². The maximum Gasteiger partial charge on any atom is 0.883 e. The quantitative estimate of drug-likeness (QED) is 0.638. The Kier molecular flexibility index (Phi) is 7.81. The van der Waals surface area contributed by atoms with Crippen LogP contribution in [0.2, 0.25) is 39.3 Å². The minimum absolute atomic E-state index is 0.670. The van der Waals surface area contributed by atoms with Crippen LogP contribution in [0.15, 0.2) is 0 Å². The van der Waals surface area contributed by atoms with E-state index in [2.05, 4.69) is 53.1 Å². The molecule has 0 unspecified atom stereocenters. The van der Waals surface area contributed by atoms with E-state index in [0.29, 0.717) is 5.92 Å². The minimum Gasteiger partial charge on any atom is -0.499 e. The lowest BCUT2D eigenvalue weighted by molar-refractivity contribution is 0.186. The van der Waals surface area contributed by atoms with E-state index in [-0.39, 0.29) is 0 Å². The Balaban J connectivity index is 4.21. The van der Waals surface area contributed by atoms with Gasteiger partial charge in [-0.25, -0.2) is 0 Å². The number of rotatable bonds is 8. The van der Waals surface area contributed by atoms with Crippen molar-refractivity contribution in [2.75, 3.05) is 6.61 Å². The van der Waals surface area contributed by atoms with E-state index in [9.17, 15) is 0 Å². The van der Waals surface area contributed by atoms with Gasteiger partial charge in [0.15, 0.2) is 16.6 Å². The monoisotopic (exact) mass is 292 g/mol. The molecule has 0 aromatic heterocycles. The highest BCUT2D eigenvalue weighted by molar-refractivity contribution is 6.79. The molecule has 0 saturated heterocycles. The molecule has 0 fully saturated rings. The van der Waals surface area contributed by atoms with Gasteiger partial charge in [0.1, 0.15) is 0 Å². The van der Waals surface area contributed by atoms with Crippen molar-refractivity contribution in [3.63, 3.8) is 0 Å². The summed E-state index contributed by atoms with van der Waals surface area (Å²) in [7, 11) is -3.13. The van der Waals surface area contributed by atoms with Crippen LogP contribution in [0.4, 0.5) is 0 Å². The van der Waals surface area contributed by atoms with Gasteiger partial charge in [-0.3, -0.25) is 0 Å². The number of hydrogen-bond acceptors (Lipinski definition) is 3. The maximum atomic E-state index is 6.06. The molecule has 17 heavy (non-hydrogen) atoms. The molecule has 0 amide bonds. The van der Waals surface area contributed by atoms with E-state index in [1.807, 2.05) is 0 Å². The fourth-order valence-corrected chi connectivity index (χ4v) is 7.19. The zero-order chi connectivity index (χ0) is 13.7. The molecule has 0 N–H and O–H groups in total. The molecule has 0 heterocycles. The summed E-state index contributed by atoms with van der Waals surface area (Å²) in [6, 6.07) is 0. The molecule has 0 atom stereocenters. The summed E-state index contributed by atoms with van der Waals surface area (Å²) in [6.45, 7) is 18.3.